The van der Waals surface area contributed by atoms with Gasteiger partial charge in [-0.1, -0.05) is 23.7 Å². The third-order valence-corrected chi connectivity index (χ3v) is 3.58. The molecule has 4 heteroatoms. The number of fused-ring (bicyclic) bond motifs is 1. The average molecular weight is 214 g/mol. The van der Waals surface area contributed by atoms with E-state index in [9.17, 15) is 0 Å². The van der Waals surface area contributed by atoms with Gasteiger partial charge in [0.05, 0.1) is 0 Å². The molecule has 1 unspecified atom stereocenters. The van der Waals surface area contributed by atoms with E-state index >= 15 is 0 Å². The Kier molecular flexibility index (Phi) is 2.00. The molecule has 0 saturated carbocycles. The summed E-state index contributed by atoms with van der Waals surface area (Å²) in [7, 11) is 2.13. The smallest absolute Gasteiger partial charge is 0.282 e. The monoisotopic (exact) mass is 214 g/mol. The van der Waals surface area contributed by atoms with Crippen LogP contribution in [-0.2, 0) is 17.6 Å². The molecular formula is C12H15BN2O. The number of aliphatic imine (C=N–C) groups is 1. The van der Waals surface area contributed by atoms with Gasteiger partial charge in [0, 0.05) is 6.42 Å². The number of ether oxygens (including phenoxy) is 1. The summed E-state index contributed by atoms with van der Waals surface area (Å²) in [4.78, 5) is 4.48. The van der Waals surface area contributed by atoms with Gasteiger partial charge in [-0.05, 0) is 24.0 Å². The highest BCUT2D eigenvalue weighted by atomic mass is 16.5. The van der Waals surface area contributed by atoms with Crippen LogP contribution in [0.3, 0.4) is 0 Å². The van der Waals surface area contributed by atoms with Gasteiger partial charge in [0.15, 0.2) is 0 Å². The zero-order valence-corrected chi connectivity index (χ0v) is 9.49. The molecule has 1 spiro atoms. The number of aryl methyl sites for hydroxylation is 1. The first-order valence-corrected chi connectivity index (χ1v) is 5.73. The molecule has 1 aliphatic heterocycles. The Morgan fingerprint density at radius 3 is 3.00 bits per heavy atom. The Bertz CT molecular complexity index is 472. The summed E-state index contributed by atoms with van der Waals surface area (Å²) in [5.41, 5.74) is 9.72. The Morgan fingerprint density at radius 1 is 1.38 bits per heavy atom. The van der Waals surface area contributed by atoms with Crippen LogP contribution in [0.4, 0.5) is 0 Å². The standard InChI is InChI=1S/C12H15BN2O/c13-10-2-1-8-3-4-12(6-9(8)5-10)7-16-11(14)15-12/h1-2,5H,3-4,6-7,13H2,(H2,14,15). The lowest BCUT2D eigenvalue weighted by atomic mass is 9.77. The molecule has 1 aliphatic carbocycles. The lowest BCUT2D eigenvalue weighted by molar-refractivity contribution is 0.235. The lowest BCUT2D eigenvalue weighted by Crippen LogP contribution is -2.36. The molecular weight excluding hydrogens is 199 g/mol. The highest BCUT2D eigenvalue weighted by Gasteiger charge is 2.39. The van der Waals surface area contributed by atoms with Crippen molar-refractivity contribution >= 4 is 19.3 Å². The second-order valence-electron chi connectivity index (χ2n) is 4.91. The van der Waals surface area contributed by atoms with Crippen LogP contribution in [0.2, 0.25) is 0 Å². The molecule has 0 amide bonds. The van der Waals surface area contributed by atoms with Crippen molar-refractivity contribution in [1.29, 1.82) is 0 Å². The van der Waals surface area contributed by atoms with Gasteiger partial charge >= 0.3 is 0 Å². The van der Waals surface area contributed by atoms with E-state index in [2.05, 4.69) is 31.0 Å². The van der Waals surface area contributed by atoms with Crippen molar-refractivity contribution in [2.24, 2.45) is 10.7 Å². The molecule has 0 radical (unpaired) electrons. The Labute approximate surface area is 96.1 Å². The molecule has 16 heavy (non-hydrogen) atoms. The van der Waals surface area contributed by atoms with E-state index in [1.807, 2.05) is 0 Å². The van der Waals surface area contributed by atoms with Gasteiger partial charge in [-0.2, -0.15) is 0 Å². The molecule has 82 valence electrons. The minimum Gasteiger partial charge on any atom is -0.463 e. The van der Waals surface area contributed by atoms with Crippen LogP contribution in [-0.4, -0.2) is 26.0 Å². The molecule has 1 atom stereocenters. The average Bonchev–Trinajstić information content (AvgIpc) is 2.59. The molecule has 0 aromatic heterocycles. The summed E-state index contributed by atoms with van der Waals surface area (Å²) in [6.45, 7) is 0.645. The van der Waals surface area contributed by atoms with E-state index in [4.69, 9.17) is 10.5 Å². The summed E-state index contributed by atoms with van der Waals surface area (Å²) in [6, 6.07) is 7.04. The van der Waals surface area contributed by atoms with Crippen molar-refractivity contribution < 1.29 is 4.74 Å². The number of hydrogen-bond acceptors (Lipinski definition) is 3. The first-order chi connectivity index (χ1) is 7.67. The second-order valence-corrected chi connectivity index (χ2v) is 4.91. The fourth-order valence-electron chi connectivity index (χ4n) is 2.70. The first kappa shape index (κ1) is 9.76. The zero-order chi connectivity index (χ0) is 11.2. The predicted octanol–water partition coefficient (Wildman–Crippen LogP) is -0.483. The quantitative estimate of drug-likeness (QED) is 0.593. The summed E-state index contributed by atoms with van der Waals surface area (Å²) < 4.78 is 5.32. The SMILES string of the molecule is Bc1ccc2c(c1)CC1(CC2)COC(N)=N1. The van der Waals surface area contributed by atoms with Crippen molar-refractivity contribution in [2.75, 3.05) is 6.61 Å². The van der Waals surface area contributed by atoms with E-state index in [1.54, 1.807) is 0 Å². The van der Waals surface area contributed by atoms with Crippen LogP contribution in [0.1, 0.15) is 17.5 Å². The number of amidine groups is 1. The Morgan fingerprint density at radius 2 is 2.25 bits per heavy atom. The molecule has 3 nitrogen and oxygen atoms in total. The van der Waals surface area contributed by atoms with Crippen molar-refractivity contribution in [1.82, 2.24) is 0 Å². The maximum Gasteiger partial charge on any atom is 0.282 e. The van der Waals surface area contributed by atoms with Gasteiger partial charge in [-0.25, -0.2) is 4.99 Å². The lowest BCUT2D eigenvalue weighted by Gasteiger charge is -2.30. The van der Waals surface area contributed by atoms with E-state index in [0.29, 0.717) is 12.6 Å². The van der Waals surface area contributed by atoms with Gasteiger partial charge in [0.2, 0.25) is 0 Å². The number of nitrogens with zero attached hydrogens (tertiary/aromatic N) is 1. The topological polar surface area (TPSA) is 47.6 Å². The summed E-state index contributed by atoms with van der Waals surface area (Å²) in [5, 5.41) is 0. The van der Waals surface area contributed by atoms with Crippen LogP contribution in [0.15, 0.2) is 23.2 Å². The zero-order valence-electron chi connectivity index (χ0n) is 9.49. The highest BCUT2D eigenvalue weighted by molar-refractivity contribution is 6.32. The van der Waals surface area contributed by atoms with E-state index < -0.39 is 0 Å². The van der Waals surface area contributed by atoms with Crippen molar-refractivity contribution in [3.05, 3.63) is 29.3 Å². The summed E-state index contributed by atoms with van der Waals surface area (Å²) in [5.74, 6) is 0. The fourth-order valence-corrected chi connectivity index (χ4v) is 2.70. The Balaban J connectivity index is 1.97. The third kappa shape index (κ3) is 1.49. The van der Waals surface area contributed by atoms with Gasteiger partial charge in [-0.3, -0.25) is 0 Å². The van der Waals surface area contributed by atoms with Gasteiger partial charge in [0.25, 0.3) is 6.02 Å². The molecule has 2 N–H and O–H groups in total. The van der Waals surface area contributed by atoms with E-state index in [0.717, 1.165) is 19.3 Å². The van der Waals surface area contributed by atoms with Gasteiger partial charge < -0.3 is 10.5 Å². The van der Waals surface area contributed by atoms with Crippen LogP contribution in [0.5, 0.6) is 0 Å². The normalized spacial score (nSPS) is 27.4. The predicted molar refractivity (Wildman–Crippen MR) is 67.0 cm³/mol. The van der Waals surface area contributed by atoms with Crippen LogP contribution < -0.4 is 11.2 Å². The largest absolute Gasteiger partial charge is 0.463 e. The first-order valence-electron chi connectivity index (χ1n) is 5.73. The third-order valence-electron chi connectivity index (χ3n) is 3.58. The molecule has 0 fully saturated rings. The number of nitrogens with two attached hydrogens (primary N) is 1. The highest BCUT2D eigenvalue weighted by Crippen LogP contribution is 2.33. The van der Waals surface area contributed by atoms with Crippen molar-refractivity contribution in [2.45, 2.75) is 24.8 Å². The minimum absolute atomic E-state index is 0.0785. The van der Waals surface area contributed by atoms with Crippen molar-refractivity contribution in [3.8, 4) is 0 Å². The van der Waals surface area contributed by atoms with Crippen molar-refractivity contribution in [3.63, 3.8) is 0 Å². The molecule has 0 saturated heterocycles. The number of hydrogen-bond donors (Lipinski definition) is 1. The number of rotatable bonds is 0. The molecule has 1 heterocycles. The Hall–Kier alpha value is -1.45. The maximum atomic E-state index is 5.62. The second kappa shape index (κ2) is 3.27. The molecule has 1 aromatic rings. The fraction of sp³-hybridized carbons (Fsp3) is 0.417. The van der Waals surface area contributed by atoms with E-state index in [-0.39, 0.29) is 5.54 Å². The van der Waals surface area contributed by atoms with Crippen LogP contribution in [0, 0.1) is 0 Å². The van der Waals surface area contributed by atoms with Gasteiger partial charge in [-0.15, -0.1) is 0 Å². The van der Waals surface area contributed by atoms with Crippen LogP contribution in [0.25, 0.3) is 0 Å². The maximum absolute atomic E-state index is 5.62. The summed E-state index contributed by atoms with van der Waals surface area (Å²) >= 11 is 0. The molecule has 1 aromatic carbocycles. The minimum atomic E-state index is -0.0785. The number of benzene rings is 1. The molecule has 0 bridgehead atoms. The van der Waals surface area contributed by atoms with Crippen LogP contribution >= 0.6 is 0 Å². The molecule has 2 aliphatic rings. The van der Waals surface area contributed by atoms with Gasteiger partial charge in [0.1, 0.15) is 20.0 Å². The van der Waals surface area contributed by atoms with E-state index in [1.165, 1.54) is 16.6 Å². The summed E-state index contributed by atoms with van der Waals surface area (Å²) in [6.07, 6.45) is 3.09. The molecule has 3 rings (SSSR count).